The van der Waals surface area contributed by atoms with E-state index in [0.717, 1.165) is 6.26 Å². The first kappa shape index (κ1) is 15.7. The molecule has 0 saturated carbocycles. The fourth-order valence-corrected chi connectivity index (χ4v) is 1.58. The quantitative estimate of drug-likeness (QED) is 0.579. The normalized spacial score (nSPS) is 12.8. The Balaban J connectivity index is 4.03. The molecule has 0 aromatic carbocycles. The maximum absolute atomic E-state index is 11.2. The molecule has 100 valence electrons. The van der Waals surface area contributed by atoms with Crippen LogP contribution in [0.2, 0.25) is 0 Å². The van der Waals surface area contributed by atoms with Crippen LogP contribution in [0.25, 0.3) is 0 Å². The molecular formula is C9H18N2O5S. The monoisotopic (exact) mass is 266 g/mol. The van der Waals surface area contributed by atoms with E-state index in [9.17, 15) is 18.0 Å². The summed E-state index contributed by atoms with van der Waals surface area (Å²) in [5.74, 6) is -1.28. The Hall–Kier alpha value is -1.31. The van der Waals surface area contributed by atoms with Crippen molar-refractivity contribution in [2.45, 2.75) is 25.8 Å². The van der Waals surface area contributed by atoms with Gasteiger partial charge in [0.15, 0.2) is 0 Å². The van der Waals surface area contributed by atoms with E-state index in [1.54, 1.807) is 6.92 Å². The molecule has 1 unspecified atom stereocenters. The van der Waals surface area contributed by atoms with Crippen LogP contribution in [0.1, 0.15) is 19.8 Å². The van der Waals surface area contributed by atoms with Gasteiger partial charge in [-0.1, -0.05) is 13.3 Å². The van der Waals surface area contributed by atoms with Gasteiger partial charge in [0.2, 0.25) is 0 Å². The number of carboxylic acid groups (broad SMARTS) is 1. The van der Waals surface area contributed by atoms with E-state index in [2.05, 4.69) is 10.6 Å². The number of carbonyl (C=O) groups excluding carboxylic acids is 1. The molecule has 0 aromatic heterocycles. The molecule has 7 nitrogen and oxygen atoms in total. The van der Waals surface area contributed by atoms with Crippen molar-refractivity contribution in [1.29, 1.82) is 0 Å². The maximum Gasteiger partial charge on any atom is 0.326 e. The molecule has 17 heavy (non-hydrogen) atoms. The maximum atomic E-state index is 11.2. The minimum atomic E-state index is -3.13. The van der Waals surface area contributed by atoms with E-state index in [4.69, 9.17) is 5.11 Å². The highest BCUT2D eigenvalue weighted by atomic mass is 32.2. The third kappa shape index (κ3) is 8.49. The van der Waals surface area contributed by atoms with Crippen molar-refractivity contribution in [3.05, 3.63) is 0 Å². The van der Waals surface area contributed by atoms with Crippen LogP contribution < -0.4 is 10.6 Å². The Morgan fingerprint density at radius 3 is 2.35 bits per heavy atom. The number of sulfone groups is 1. The van der Waals surface area contributed by atoms with E-state index in [0.29, 0.717) is 12.8 Å². The lowest BCUT2D eigenvalue weighted by Gasteiger charge is -2.13. The molecule has 0 aliphatic carbocycles. The molecule has 0 aliphatic heterocycles. The van der Waals surface area contributed by atoms with Crippen molar-refractivity contribution in [3.63, 3.8) is 0 Å². The summed E-state index contributed by atoms with van der Waals surface area (Å²) in [6.45, 7) is 1.77. The summed E-state index contributed by atoms with van der Waals surface area (Å²) in [6.07, 6.45) is 2.01. The van der Waals surface area contributed by atoms with Gasteiger partial charge in [0.25, 0.3) is 0 Å². The zero-order chi connectivity index (χ0) is 13.5. The first-order chi connectivity index (χ1) is 7.76. The fraction of sp³-hybridized carbons (Fsp3) is 0.778. The summed E-state index contributed by atoms with van der Waals surface area (Å²) < 4.78 is 21.6. The van der Waals surface area contributed by atoms with Crippen LogP contribution in [0.3, 0.4) is 0 Å². The van der Waals surface area contributed by atoms with Gasteiger partial charge in [-0.25, -0.2) is 18.0 Å². The standard InChI is InChI=1S/C9H18N2O5S/c1-3-4-7(8(12)13)11-9(14)10-5-6-17(2,15)16/h7H,3-6H2,1-2H3,(H,12,13)(H2,10,11,14). The molecule has 1 atom stereocenters. The zero-order valence-electron chi connectivity index (χ0n) is 9.89. The van der Waals surface area contributed by atoms with Crippen LogP contribution in [-0.4, -0.2) is 50.1 Å². The highest BCUT2D eigenvalue weighted by Crippen LogP contribution is 1.96. The first-order valence-electron chi connectivity index (χ1n) is 5.21. The van der Waals surface area contributed by atoms with Gasteiger partial charge < -0.3 is 15.7 Å². The van der Waals surface area contributed by atoms with Crippen LogP contribution in [-0.2, 0) is 14.6 Å². The molecule has 0 spiro atoms. The average molecular weight is 266 g/mol. The van der Waals surface area contributed by atoms with Crippen molar-refractivity contribution in [2.75, 3.05) is 18.6 Å². The summed E-state index contributed by atoms with van der Waals surface area (Å²) >= 11 is 0. The number of rotatable bonds is 7. The number of hydrogen-bond acceptors (Lipinski definition) is 4. The number of nitrogens with one attached hydrogen (secondary N) is 2. The molecule has 0 bridgehead atoms. The topological polar surface area (TPSA) is 113 Å². The van der Waals surface area contributed by atoms with Gasteiger partial charge in [-0.15, -0.1) is 0 Å². The summed E-state index contributed by atoms with van der Waals surface area (Å²) in [5, 5.41) is 13.3. The molecule has 0 heterocycles. The van der Waals surface area contributed by atoms with Gasteiger partial charge in [0, 0.05) is 12.8 Å². The Kier molecular flexibility index (Phi) is 6.55. The van der Waals surface area contributed by atoms with E-state index in [-0.39, 0.29) is 12.3 Å². The molecule has 0 aromatic rings. The summed E-state index contributed by atoms with van der Waals surface area (Å²) in [4.78, 5) is 22.0. The van der Waals surface area contributed by atoms with Gasteiger partial charge >= 0.3 is 12.0 Å². The summed E-state index contributed by atoms with van der Waals surface area (Å²) in [6, 6.07) is -1.62. The van der Waals surface area contributed by atoms with E-state index >= 15 is 0 Å². The van der Waals surface area contributed by atoms with E-state index in [1.807, 2.05) is 0 Å². The molecular weight excluding hydrogens is 248 g/mol. The summed E-state index contributed by atoms with van der Waals surface area (Å²) in [5.41, 5.74) is 0. The molecule has 3 N–H and O–H groups in total. The third-order valence-electron chi connectivity index (χ3n) is 1.94. The van der Waals surface area contributed by atoms with Crippen LogP contribution in [0.4, 0.5) is 4.79 Å². The van der Waals surface area contributed by atoms with Crippen molar-refractivity contribution >= 4 is 21.8 Å². The van der Waals surface area contributed by atoms with Crippen molar-refractivity contribution < 1.29 is 23.1 Å². The van der Waals surface area contributed by atoms with Crippen molar-refractivity contribution in [3.8, 4) is 0 Å². The van der Waals surface area contributed by atoms with Crippen molar-refractivity contribution in [2.24, 2.45) is 0 Å². The molecule has 2 amide bonds. The number of urea groups is 1. The van der Waals surface area contributed by atoms with E-state index < -0.39 is 27.9 Å². The minimum absolute atomic E-state index is 0.0386. The van der Waals surface area contributed by atoms with Crippen molar-refractivity contribution in [1.82, 2.24) is 10.6 Å². The third-order valence-corrected chi connectivity index (χ3v) is 2.88. The predicted molar refractivity (Wildman–Crippen MR) is 62.6 cm³/mol. The van der Waals surface area contributed by atoms with Gasteiger partial charge in [-0.3, -0.25) is 0 Å². The number of aliphatic carboxylic acids is 1. The lowest BCUT2D eigenvalue weighted by molar-refractivity contribution is -0.139. The van der Waals surface area contributed by atoms with Gasteiger partial charge in [0.05, 0.1) is 5.75 Å². The number of carbonyl (C=O) groups is 2. The predicted octanol–water partition coefficient (Wildman–Crippen LogP) is -0.416. The van der Waals surface area contributed by atoms with Gasteiger partial charge in [-0.2, -0.15) is 0 Å². The number of carboxylic acids is 1. The SMILES string of the molecule is CCCC(NC(=O)NCCS(C)(=O)=O)C(=O)O. The Labute approximate surface area is 101 Å². The molecule has 0 aliphatic rings. The summed E-state index contributed by atoms with van der Waals surface area (Å²) in [7, 11) is -3.13. The van der Waals surface area contributed by atoms with Gasteiger partial charge in [0.1, 0.15) is 15.9 Å². The van der Waals surface area contributed by atoms with Gasteiger partial charge in [-0.05, 0) is 6.42 Å². The molecule has 0 fully saturated rings. The largest absolute Gasteiger partial charge is 0.480 e. The molecule has 8 heteroatoms. The zero-order valence-corrected chi connectivity index (χ0v) is 10.7. The second kappa shape index (κ2) is 7.10. The molecule has 0 radical (unpaired) electrons. The smallest absolute Gasteiger partial charge is 0.326 e. The second-order valence-electron chi connectivity index (χ2n) is 3.71. The Bertz CT molecular complexity index is 366. The Morgan fingerprint density at radius 2 is 1.94 bits per heavy atom. The lowest BCUT2D eigenvalue weighted by atomic mass is 10.2. The lowest BCUT2D eigenvalue weighted by Crippen LogP contribution is -2.46. The number of amides is 2. The van der Waals surface area contributed by atoms with E-state index in [1.165, 1.54) is 0 Å². The van der Waals surface area contributed by atoms with Crippen LogP contribution in [0.5, 0.6) is 0 Å². The second-order valence-corrected chi connectivity index (χ2v) is 5.97. The number of hydrogen-bond donors (Lipinski definition) is 3. The average Bonchev–Trinajstić information content (AvgIpc) is 2.14. The minimum Gasteiger partial charge on any atom is -0.480 e. The molecule has 0 saturated heterocycles. The first-order valence-corrected chi connectivity index (χ1v) is 7.27. The Morgan fingerprint density at radius 1 is 1.35 bits per heavy atom. The van der Waals surface area contributed by atoms with Crippen LogP contribution >= 0.6 is 0 Å². The highest BCUT2D eigenvalue weighted by Gasteiger charge is 2.18. The van der Waals surface area contributed by atoms with Crippen LogP contribution in [0, 0.1) is 0 Å². The fourth-order valence-electron chi connectivity index (χ4n) is 1.11. The highest BCUT2D eigenvalue weighted by molar-refractivity contribution is 7.90. The molecule has 0 rings (SSSR count). The van der Waals surface area contributed by atoms with Crippen LogP contribution in [0.15, 0.2) is 0 Å².